The zero-order valence-corrected chi connectivity index (χ0v) is 14.2. The molecule has 1 aliphatic rings. The number of carbonyl (C=O) groups excluding carboxylic acids is 2. The van der Waals surface area contributed by atoms with E-state index >= 15 is 0 Å². The van der Waals surface area contributed by atoms with Crippen LogP contribution in [0, 0.1) is 0 Å². The Balaban J connectivity index is 2.44. The number of amides is 2. The van der Waals surface area contributed by atoms with Crippen molar-refractivity contribution in [3.05, 3.63) is 23.8 Å². The molecule has 0 radical (unpaired) electrons. The molecule has 1 atom stereocenters. The minimum absolute atomic E-state index is 0.0593. The molecule has 0 saturated heterocycles. The Bertz CT molecular complexity index is 613. The lowest BCUT2D eigenvalue weighted by Crippen LogP contribution is -2.49. The Labute approximate surface area is 137 Å². The second-order valence-electron chi connectivity index (χ2n) is 6.50. The smallest absolute Gasteiger partial charge is 0.249 e. The van der Waals surface area contributed by atoms with Gasteiger partial charge in [0.15, 0.2) is 0 Å². The van der Waals surface area contributed by atoms with Gasteiger partial charge in [-0.1, -0.05) is 19.9 Å². The molecule has 0 aromatic heterocycles. The zero-order chi connectivity index (χ0) is 17.2. The van der Waals surface area contributed by atoms with Crippen LogP contribution in [0.15, 0.2) is 18.2 Å². The van der Waals surface area contributed by atoms with Gasteiger partial charge in [-0.25, -0.2) is 0 Å². The summed E-state index contributed by atoms with van der Waals surface area (Å²) in [5.74, 6) is -0.405. The van der Waals surface area contributed by atoms with Crippen molar-refractivity contribution < 1.29 is 14.3 Å². The number of nitrogens with zero attached hydrogens (tertiary/aromatic N) is 1. The molecular formula is C17H25N3O3. The van der Waals surface area contributed by atoms with Crippen molar-refractivity contribution in [2.24, 2.45) is 0 Å². The molecule has 23 heavy (non-hydrogen) atoms. The van der Waals surface area contributed by atoms with Crippen molar-refractivity contribution in [2.75, 3.05) is 30.9 Å². The van der Waals surface area contributed by atoms with E-state index in [2.05, 4.69) is 19.2 Å². The Morgan fingerprint density at radius 1 is 1.48 bits per heavy atom. The first kappa shape index (κ1) is 17.3. The maximum Gasteiger partial charge on any atom is 0.249 e. The van der Waals surface area contributed by atoms with Gasteiger partial charge in [-0.15, -0.1) is 0 Å². The highest BCUT2D eigenvalue weighted by Crippen LogP contribution is 2.40. The predicted octanol–water partition coefficient (Wildman–Crippen LogP) is 1.43. The fourth-order valence-corrected chi connectivity index (χ4v) is 3.16. The highest BCUT2D eigenvalue weighted by Gasteiger charge is 2.39. The van der Waals surface area contributed by atoms with E-state index in [0.29, 0.717) is 18.7 Å². The van der Waals surface area contributed by atoms with Gasteiger partial charge in [-0.2, -0.15) is 0 Å². The minimum atomic E-state index is -0.582. The number of hydrogen-bond donors (Lipinski definition) is 2. The molecule has 6 nitrogen and oxygen atoms in total. The van der Waals surface area contributed by atoms with Gasteiger partial charge in [-0.3, -0.25) is 9.59 Å². The number of rotatable bonds is 4. The quantitative estimate of drug-likeness (QED) is 0.822. The van der Waals surface area contributed by atoms with Crippen molar-refractivity contribution in [1.29, 1.82) is 0 Å². The summed E-state index contributed by atoms with van der Waals surface area (Å²) in [5.41, 5.74) is 8.15. The fraction of sp³-hybridized carbons (Fsp3) is 0.529. The minimum Gasteiger partial charge on any atom is -0.399 e. The van der Waals surface area contributed by atoms with Crippen LogP contribution >= 0.6 is 0 Å². The third-order valence-electron chi connectivity index (χ3n) is 4.25. The molecule has 0 fully saturated rings. The summed E-state index contributed by atoms with van der Waals surface area (Å²) >= 11 is 0. The summed E-state index contributed by atoms with van der Waals surface area (Å²) < 4.78 is 4.84. The van der Waals surface area contributed by atoms with Crippen molar-refractivity contribution in [1.82, 2.24) is 5.32 Å². The molecule has 1 heterocycles. The number of benzene rings is 1. The van der Waals surface area contributed by atoms with Crippen LogP contribution < -0.4 is 16.0 Å². The predicted molar refractivity (Wildman–Crippen MR) is 90.3 cm³/mol. The van der Waals surface area contributed by atoms with Gasteiger partial charge in [0, 0.05) is 25.0 Å². The largest absolute Gasteiger partial charge is 0.399 e. The normalized spacial score (nSPS) is 19.9. The third kappa shape index (κ3) is 3.47. The molecule has 1 unspecified atom stereocenters. The van der Waals surface area contributed by atoms with Gasteiger partial charge < -0.3 is 20.7 Å². The average molecular weight is 319 g/mol. The lowest BCUT2D eigenvalue weighted by Gasteiger charge is -2.27. The first-order valence-electron chi connectivity index (χ1n) is 7.80. The number of nitrogens with one attached hydrogen (secondary N) is 1. The zero-order valence-electron chi connectivity index (χ0n) is 14.2. The van der Waals surface area contributed by atoms with Gasteiger partial charge in [0.1, 0.15) is 12.6 Å². The summed E-state index contributed by atoms with van der Waals surface area (Å²) in [6.07, 6.45) is 0.523. The van der Waals surface area contributed by atoms with Crippen molar-refractivity contribution in [3.8, 4) is 0 Å². The van der Waals surface area contributed by atoms with Gasteiger partial charge in [0.05, 0.1) is 0 Å². The summed E-state index contributed by atoms with van der Waals surface area (Å²) in [6.45, 7) is 6.52. The van der Waals surface area contributed by atoms with Crippen LogP contribution in [0.25, 0.3) is 0 Å². The Morgan fingerprint density at radius 2 is 2.17 bits per heavy atom. The summed E-state index contributed by atoms with van der Waals surface area (Å²) in [6, 6.07) is 5.07. The summed E-state index contributed by atoms with van der Waals surface area (Å²) in [7, 11) is 1.45. The first-order valence-corrected chi connectivity index (χ1v) is 7.80. The lowest BCUT2D eigenvalue weighted by molar-refractivity contribution is -0.130. The molecule has 126 valence electrons. The number of likely N-dealkylation sites (N-methyl/N-ethyl adjacent to an activating group) is 1. The number of ether oxygens (including phenoxy) is 1. The van der Waals surface area contributed by atoms with Gasteiger partial charge in [0.2, 0.25) is 11.8 Å². The molecule has 1 aromatic rings. The van der Waals surface area contributed by atoms with E-state index in [4.69, 9.17) is 10.5 Å². The Morgan fingerprint density at radius 3 is 2.78 bits per heavy atom. The van der Waals surface area contributed by atoms with Crippen molar-refractivity contribution in [2.45, 2.75) is 38.6 Å². The number of hydrogen-bond acceptors (Lipinski definition) is 4. The number of anilines is 2. The molecular weight excluding hydrogens is 294 g/mol. The van der Waals surface area contributed by atoms with Gasteiger partial charge in [0.25, 0.3) is 0 Å². The number of fused-ring (bicyclic) bond motifs is 1. The van der Waals surface area contributed by atoms with Crippen LogP contribution in [0.4, 0.5) is 11.4 Å². The van der Waals surface area contributed by atoms with E-state index in [1.165, 1.54) is 7.11 Å². The van der Waals surface area contributed by atoms with E-state index in [-0.39, 0.29) is 23.8 Å². The highest BCUT2D eigenvalue weighted by molar-refractivity contribution is 6.01. The molecule has 1 aliphatic heterocycles. The topological polar surface area (TPSA) is 84.7 Å². The van der Waals surface area contributed by atoms with E-state index in [0.717, 1.165) is 11.3 Å². The number of methoxy groups -OCH3 is 1. The molecule has 0 spiro atoms. The maximum absolute atomic E-state index is 12.9. The molecule has 0 saturated carbocycles. The van der Waals surface area contributed by atoms with Crippen LogP contribution in [-0.2, 0) is 19.7 Å². The van der Waals surface area contributed by atoms with Crippen LogP contribution in [0.2, 0.25) is 0 Å². The summed E-state index contributed by atoms with van der Waals surface area (Å²) in [5, 5.41) is 2.79. The number of nitrogen functional groups attached to an aromatic ring is 1. The molecule has 0 bridgehead atoms. The van der Waals surface area contributed by atoms with Crippen molar-refractivity contribution in [3.63, 3.8) is 0 Å². The maximum atomic E-state index is 12.9. The summed E-state index contributed by atoms with van der Waals surface area (Å²) in [4.78, 5) is 26.5. The van der Waals surface area contributed by atoms with Crippen LogP contribution in [0.1, 0.15) is 32.8 Å². The fourth-order valence-electron chi connectivity index (χ4n) is 3.16. The molecule has 2 rings (SSSR count). The second-order valence-corrected chi connectivity index (χ2v) is 6.50. The molecule has 0 aliphatic carbocycles. The first-order chi connectivity index (χ1) is 10.8. The molecule has 6 heteroatoms. The monoisotopic (exact) mass is 319 g/mol. The Kier molecular flexibility index (Phi) is 4.94. The molecule has 2 amide bonds. The van der Waals surface area contributed by atoms with Crippen LogP contribution in [-0.4, -0.2) is 38.1 Å². The lowest BCUT2D eigenvalue weighted by atomic mass is 9.79. The number of nitrogens with two attached hydrogens (primary N) is 1. The van der Waals surface area contributed by atoms with E-state index in [1.54, 1.807) is 4.90 Å². The van der Waals surface area contributed by atoms with Crippen LogP contribution in [0.3, 0.4) is 0 Å². The molecule has 1 aromatic carbocycles. The number of carbonyl (C=O) groups is 2. The molecule has 3 N–H and O–H groups in total. The Hall–Kier alpha value is -2.08. The SMILES string of the molecule is CCN1C(=O)C(NC(=O)COC)CC(C)(C)c2ccc(N)cc21. The second kappa shape index (κ2) is 6.58. The van der Waals surface area contributed by atoms with E-state index in [1.807, 2.05) is 25.1 Å². The highest BCUT2D eigenvalue weighted by atomic mass is 16.5. The third-order valence-corrected chi connectivity index (χ3v) is 4.25. The van der Waals surface area contributed by atoms with Gasteiger partial charge in [-0.05, 0) is 36.5 Å². The average Bonchev–Trinajstić information content (AvgIpc) is 2.53. The van der Waals surface area contributed by atoms with E-state index in [9.17, 15) is 9.59 Å². The van der Waals surface area contributed by atoms with E-state index < -0.39 is 6.04 Å². The van der Waals surface area contributed by atoms with Crippen molar-refractivity contribution >= 4 is 23.2 Å². The van der Waals surface area contributed by atoms with Gasteiger partial charge >= 0.3 is 0 Å². The van der Waals surface area contributed by atoms with Crippen LogP contribution in [0.5, 0.6) is 0 Å². The standard InChI is InChI=1S/C17H25N3O3/c1-5-20-14-8-11(18)6-7-12(14)17(2,3)9-13(16(20)22)19-15(21)10-23-4/h6-8,13H,5,9-10,18H2,1-4H3,(H,19,21).